The third-order valence-corrected chi connectivity index (χ3v) is 15.1. The number of halogens is 1. The molecule has 0 N–H and O–H groups in total. The number of imidazole rings is 1. The molecule has 0 amide bonds. The summed E-state index contributed by atoms with van der Waals surface area (Å²) in [6.45, 7) is 6.11. The first-order valence-corrected chi connectivity index (χ1v) is 27.5. The number of furan rings is 1. The van der Waals surface area contributed by atoms with Gasteiger partial charge in [0.1, 0.15) is 0 Å². The average molecular weight is 1050 g/mol. The van der Waals surface area contributed by atoms with Crippen LogP contribution in [0.3, 0.4) is 0 Å². The second-order valence-corrected chi connectivity index (χ2v) is 27.4. The molecule has 5 aromatic heterocycles. The Morgan fingerprint density at radius 1 is 0.787 bits per heavy atom. The summed E-state index contributed by atoms with van der Waals surface area (Å²) < 4.78 is 69.6. The van der Waals surface area contributed by atoms with E-state index in [1.165, 1.54) is 38.8 Å². The van der Waals surface area contributed by atoms with E-state index < -0.39 is 32.8 Å². The van der Waals surface area contributed by atoms with Crippen LogP contribution in [0.2, 0.25) is 17.3 Å². The molecule has 0 saturated carbocycles. The van der Waals surface area contributed by atoms with Crippen LogP contribution in [0.15, 0.2) is 114 Å². The van der Waals surface area contributed by atoms with Gasteiger partial charge in [-0.1, -0.05) is 81.1 Å². The van der Waals surface area contributed by atoms with Gasteiger partial charge in [0, 0.05) is 47.2 Å². The van der Waals surface area contributed by atoms with Gasteiger partial charge in [-0.3, -0.25) is 9.97 Å². The van der Waals surface area contributed by atoms with Crippen molar-refractivity contribution in [2.45, 2.75) is 77.4 Å². The Labute approximate surface area is 382 Å². The maximum atomic E-state index is 14.4. The summed E-state index contributed by atoms with van der Waals surface area (Å²) in [5.74, 6) is 7.11. The molecule has 0 spiro atoms. The Morgan fingerprint density at radius 2 is 1.51 bits per heavy atom. The number of fused-ring (bicyclic) bond motifs is 4. The predicted octanol–water partition coefficient (Wildman–Crippen LogP) is 13.3. The van der Waals surface area contributed by atoms with E-state index in [1.54, 1.807) is 30.6 Å². The van der Waals surface area contributed by atoms with Crippen LogP contribution >= 0.6 is 0 Å². The summed E-state index contributed by atoms with van der Waals surface area (Å²) in [5, 5.41) is 1.50. The van der Waals surface area contributed by atoms with E-state index in [0.29, 0.717) is 22.5 Å². The zero-order valence-corrected chi connectivity index (χ0v) is 39.9. The maximum Gasteiger partial charge on any atom is 0.215 e. The second-order valence-electron chi connectivity index (χ2n) is 16.7. The normalized spacial score (nSPS) is 13.6. The fourth-order valence-electron chi connectivity index (χ4n) is 7.66. The minimum absolute atomic E-state index is 0. The van der Waals surface area contributed by atoms with E-state index in [0.717, 1.165) is 33.4 Å². The zero-order valence-electron chi connectivity index (χ0n) is 41.4. The first kappa shape index (κ1) is 36.4. The van der Waals surface area contributed by atoms with Gasteiger partial charge in [0.2, 0.25) is 5.71 Å². The minimum atomic E-state index is -2.48. The Kier molecular flexibility index (Phi) is 10.5. The zero-order chi connectivity index (χ0) is 47.5. The van der Waals surface area contributed by atoms with Gasteiger partial charge in [-0.25, -0.2) is 4.98 Å². The number of nitrogens with zero attached hydrogens (tertiary/aromatic N) is 5. The van der Waals surface area contributed by atoms with Gasteiger partial charge in [0.25, 0.3) is 0 Å². The topological polar surface area (TPSA) is 69.6 Å². The average Bonchev–Trinajstić information content (AvgIpc) is 3.85. The minimum Gasteiger partial charge on any atom is -0.458 e. The van der Waals surface area contributed by atoms with Crippen LogP contribution in [-0.4, -0.2) is 37.8 Å². The van der Waals surface area contributed by atoms with Gasteiger partial charge >= 0.3 is 114 Å². The molecule has 6 nitrogen and oxygen atoms in total. The molecular weight excluding hydrogens is 994 g/mol. The SMILES string of the molecule is [2H]C([2H])([2H])c1cc[c-]c(-c2cc[c]([Ge]([CH3])([CH3])[CH3])cn2)c1F.[2H]C([2H])([2H])c1ccc2c(n1)oc1cc[c-]c(-c3nc4ccnc(C)c4n3-c3c(C(C)C)cc(-c4ccccc4)cc3C(C)C)c12.[Ir]. The van der Waals surface area contributed by atoms with Crippen molar-refractivity contribution in [2.75, 3.05) is 0 Å². The molecule has 0 saturated heterocycles. The number of benzene rings is 4. The number of aryl methyl sites for hydroxylation is 3. The Hall–Kier alpha value is -5.28. The quantitative estimate of drug-likeness (QED) is 0.117. The van der Waals surface area contributed by atoms with Crippen LogP contribution < -0.4 is 4.40 Å². The molecule has 0 unspecified atom stereocenters. The predicted molar refractivity (Wildman–Crippen MR) is 247 cm³/mol. The van der Waals surface area contributed by atoms with E-state index in [9.17, 15) is 4.39 Å². The number of hydrogen-bond acceptors (Lipinski definition) is 5. The molecule has 9 aromatic rings. The van der Waals surface area contributed by atoms with E-state index in [-0.39, 0.29) is 54.5 Å². The van der Waals surface area contributed by atoms with E-state index in [4.69, 9.17) is 22.6 Å². The maximum absolute atomic E-state index is 14.4. The van der Waals surface area contributed by atoms with Crippen LogP contribution in [0.1, 0.15) is 75.8 Å². The first-order chi connectivity index (χ1) is 31.1. The van der Waals surface area contributed by atoms with Crippen molar-refractivity contribution in [3.8, 4) is 39.5 Å². The van der Waals surface area contributed by atoms with Crippen molar-refractivity contribution in [2.24, 2.45) is 0 Å². The molecule has 4 aromatic carbocycles. The molecule has 311 valence electrons. The molecule has 0 fully saturated rings. The summed E-state index contributed by atoms with van der Waals surface area (Å²) in [4.78, 5) is 18.6. The van der Waals surface area contributed by atoms with Gasteiger partial charge in [-0.2, -0.15) is 0 Å². The summed E-state index contributed by atoms with van der Waals surface area (Å²) in [7, 11) is 0. The van der Waals surface area contributed by atoms with E-state index in [1.807, 2.05) is 37.3 Å². The number of pyridine rings is 3. The van der Waals surface area contributed by atoms with Gasteiger partial charge in [-0.05, 0) is 72.1 Å². The summed E-state index contributed by atoms with van der Waals surface area (Å²) in [6.07, 6.45) is 3.56. The molecule has 0 bridgehead atoms. The van der Waals surface area contributed by atoms with Crippen LogP contribution in [0.4, 0.5) is 4.39 Å². The molecule has 9 rings (SSSR count). The van der Waals surface area contributed by atoms with Gasteiger partial charge in [0.15, 0.2) is 0 Å². The van der Waals surface area contributed by atoms with Crippen molar-refractivity contribution in [3.05, 3.63) is 155 Å². The number of aromatic nitrogens is 5. The summed E-state index contributed by atoms with van der Waals surface area (Å²) >= 11 is -1.97. The van der Waals surface area contributed by atoms with Crippen molar-refractivity contribution in [1.82, 2.24) is 24.5 Å². The van der Waals surface area contributed by atoms with Crippen molar-refractivity contribution in [3.63, 3.8) is 0 Å². The van der Waals surface area contributed by atoms with Gasteiger partial charge in [0.05, 0.1) is 28.1 Å². The number of hydrogen-bond donors (Lipinski definition) is 0. The molecule has 0 aliphatic rings. The van der Waals surface area contributed by atoms with Gasteiger partial charge < -0.3 is 8.98 Å². The fraction of sp³-hybridized carbons (Fsp3) is 0.231. The van der Waals surface area contributed by atoms with Crippen LogP contribution in [-0.2, 0) is 20.1 Å². The Bertz CT molecular complexity index is 3220. The molecule has 1 radical (unpaired) electrons. The van der Waals surface area contributed by atoms with E-state index in [2.05, 4.69) is 108 Å². The molecule has 0 aliphatic carbocycles. The first-order valence-electron chi connectivity index (χ1n) is 23.1. The van der Waals surface area contributed by atoms with E-state index >= 15 is 0 Å². The summed E-state index contributed by atoms with van der Waals surface area (Å²) in [5.41, 5.74) is 10.3. The Morgan fingerprint density at radius 3 is 2.16 bits per heavy atom. The second kappa shape index (κ2) is 17.6. The third-order valence-electron chi connectivity index (χ3n) is 10.8. The molecule has 0 atom stereocenters. The van der Waals surface area contributed by atoms with Crippen molar-refractivity contribution < 1.29 is 37.1 Å². The summed E-state index contributed by atoms with van der Waals surface area (Å²) in [6, 6.07) is 36.6. The molecule has 61 heavy (non-hydrogen) atoms. The molecule has 9 heteroatoms. The van der Waals surface area contributed by atoms with Crippen molar-refractivity contribution >= 4 is 50.8 Å². The molecule has 5 heterocycles. The van der Waals surface area contributed by atoms with Crippen LogP contribution in [0, 0.1) is 38.6 Å². The van der Waals surface area contributed by atoms with Gasteiger partial charge in [-0.15, -0.1) is 12.1 Å². The van der Waals surface area contributed by atoms with Crippen molar-refractivity contribution in [1.29, 1.82) is 0 Å². The monoisotopic (exact) mass is 1050 g/mol. The van der Waals surface area contributed by atoms with Crippen LogP contribution in [0.25, 0.3) is 72.6 Å². The standard InChI is InChI=1S/C37H33N4O.C15H17FGeN.Ir/c1-21(2)29-19-26(25-11-8-7-9-12-25)20-30(22(3)4)35(29)41-34-24(6)38-18-17-31(34)40-36(41)27-13-10-14-32-33(27)28-16-15-23(5)39-37(28)42-32;1-11-6-5-7-13(15(11)16)14-9-8-12(10-18-14)17(2,3)4;/h7-12,14-22H,1-6H3;5-6,8-10H,1-4H3;/q2*-1;/i5D3;1D3;. The Balaban J connectivity index is 0.000000255. The van der Waals surface area contributed by atoms with Crippen LogP contribution in [0.5, 0.6) is 0 Å². The molecule has 0 aliphatic heterocycles. The smallest absolute Gasteiger partial charge is 0.215 e. The number of rotatable bonds is 7. The largest absolute Gasteiger partial charge is 0.458 e. The fourth-order valence-corrected chi connectivity index (χ4v) is 9.83. The molecular formula is C52H50FGeIrN5O-2. The third kappa shape index (κ3) is 8.51.